The van der Waals surface area contributed by atoms with Gasteiger partial charge in [-0.25, -0.2) is 5.43 Å². The lowest BCUT2D eigenvalue weighted by Gasteiger charge is -2.14. The van der Waals surface area contributed by atoms with E-state index in [9.17, 15) is 4.79 Å². The first-order valence-corrected chi connectivity index (χ1v) is 7.55. The molecule has 0 radical (unpaired) electrons. The van der Waals surface area contributed by atoms with Crippen LogP contribution >= 0.6 is 11.6 Å². The van der Waals surface area contributed by atoms with Gasteiger partial charge in [-0.05, 0) is 17.7 Å². The van der Waals surface area contributed by atoms with Crippen LogP contribution in [0.3, 0.4) is 0 Å². The van der Waals surface area contributed by atoms with Gasteiger partial charge in [-0.1, -0.05) is 62.7 Å². The van der Waals surface area contributed by atoms with Gasteiger partial charge in [-0.2, -0.15) is 10.2 Å². The fourth-order valence-electron chi connectivity index (χ4n) is 1.78. The quantitative estimate of drug-likeness (QED) is 0.662. The Morgan fingerprint density at radius 1 is 1.30 bits per heavy atom. The summed E-state index contributed by atoms with van der Waals surface area (Å²) in [6.45, 7) is 6.11. The highest BCUT2D eigenvalue weighted by Gasteiger charge is 2.19. The molecule has 0 saturated heterocycles. The van der Waals surface area contributed by atoms with Crippen LogP contribution in [0.2, 0.25) is 0 Å². The molecule has 120 valence electrons. The maximum absolute atomic E-state index is 12.0. The third-order valence-electron chi connectivity index (χ3n) is 3.08. The summed E-state index contributed by atoms with van der Waals surface area (Å²) in [4.78, 5) is 12.0. The van der Waals surface area contributed by atoms with Crippen LogP contribution in [-0.4, -0.2) is 22.3 Å². The largest absolute Gasteiger partial charge is 0.291 e. The maximum Gasteiger partial charge on any atom is 0.291 e. The minimum Gasteiger partial charge on any atom is -0.281 e. The van der Waals surface area contributed by atoms with Crippen molar-refractivity contribution in [2.24, 2.45) is 5.10 Å². The summed E-state index contributed by atoms with van der Waals surface area (Å²) >= 11 is 6.05. The Kier molecular flexibility index (Phi) is 5.34. The number of amides is 1. The Balaban J connectivity index is 1.96. The average molecular weight is 331 g/mol. The SMILES string of the molecule is CC(C)(C)c1cc(C(=O)NN=CC(Cl)=Cc2ccccc2)n[nH]1. The number of aromatic amines is 1. The van der Waals surface area contributed by atoms with E-state index in [4.69, 9.17) is 11.6 Å². The van der Waals surface area contributed by atoms with Crippen molar-refractivity contribution in [2.45, 2.75) is 26.2 Å². The monoisotopic (exact) mass is 330 g/mol. The predicted molar refractivity (Wildman–Crippen MR) is 93.5 cm³/mol. The molecule has 2 N–H and O–H groups in total. The summed E-state index contributed by atoms with van der Waals surface area (Å²) in [5.74, 6) is -0.392. The molecule has 0 unspecified atom stereocenters. The second-order valence-corrected chi connectivity index (χ2v) is 6.49. The van der Waals surface area contributed by atoms with Crippen LogP contribution in [0.25, 0.3) is 6.08 Å². The van der Waals surface area contributed by atoms with Crippen molar-refractivity contribution in [3.8, 4) is 0 Å². The number of nitrogens with zero attached hydrogens (tertiary/aromatic N) is 2. The van der Waals surface area contributed by atoms with Crippen LogP contribution in [0.15, 0.2) is 46.5 Å². The van der Waals surface area contributed by atoms with E-state index >= 15 is 0 Å². The van der Waals surface area contributed by atoms with Crippen LogP contribution < -0.4 is 5.43 Å². The lowest BCUT2D eigenvalue weighted by atomic mass is 9.92. The van der Waals surface area contributed by atoms with Crippen molar-refractivity contribution in [2.75, 3.05) is 0 Å². The summed E-state index contributed by atoms with van der Waals surface area (Å²) in [7, 11) is 0. The summed E-state index contributed by atoms with van der Waals surface area (Å²) in [5, 5.41) is 11.1. The lowest BCUT2D eigenvalue weighted by Crippen LogP contribution is -2.18. The minimum absolute atomic E-state index is 0.101. The number of carbonyl (C=O) groups excluding carboxylic acids is 1. The van der Waals surface area contributed by atoms with Gasteiger partial charge in [-0.3, -0.25) is 9.89 Å². The molecule has 6 heteroatoms. The number of H-pyrrole nitrogens is 1. The molecule has 5 nitrogen and oxygen atoms in total. The molecule has 23 heavy (non-hydrogen) atoms. The number of halogens is 1. The molecule has 0 fully saturated rings. The number of aromatic nitrogens is 2. The third kappa shape index (κ3) is 5.07. The lowest BCUT2D eigenvalue weighted by molar-refractivity contribution is 0.0950. The van der Waals surface area contributed by atoms with E-state index in [0.717, 1.165) is 11.3 Å². The van der Waals surface area contributed by atoms with E-state index < -0.39 is 5.91 Å². The number of hydrogen-bond donors (Lipinski definition) is 2. The molecule has 1 heterocycles. The van der Waals surface area contributed by atoms with Crippen LogP contribution in [-0.2, 0) is 5.41 Å². The molecule has 1 aromatic heterocycles. The Hall–Kier alpha value is -2.40. The van der Waals surface area contributed by atoms with Gasteiger partial charge in [0.2, 0.25) is 0 Å². The molecule has 0 aliphatic rings. The number of carbonyl (C=O) groups is 1. The smallest absolute Gasteiger partial charge is 0.281 e. The molecule has 0 spiro atoms. The van der Waals surface area contributed by atoms with Gasteiger partial charge >= 0.3 is 0 Å². The first-order valence-electron chi connectivity index (χ1n) is 7.18. The number of nitrogens with one attached hydrogen (secondary N) is 2. The Morgan fingerprint density at radius 3 is 2.61 bits per heavy atom. The van der Waals surface area contributed by atoms with Crippen molar-refractivity contribution in [1.29, 1.82) is 0 Å². The van der Waals surface area contributed by atoms with Crippen LogP contribution in [0, 0.1) is 0 Å². The van der Waals surface area contributed by atoms with E-state index in [0.29, 0.717) is 5.03 Å². The zero-order valence-corrected chi connectivity index (χ0v) is 14.1. The number of benzene rings is 1. The second kappa shape index (κ2) is 7.24. The molecule has 0 saturated carbocycles. The zero-order valence-electron chi connectivity index (χ0n) is 13.3. The highest BCUT2D eigenvalue weighted by atomic mass is 35.5. The van der Waals surface area contributed by atoms with Gasteiger partial charge in [0.05, 0.1) is 11.2 Å². The van der Waals surface area contributed by atoms with Gasteiger partial charge in [0, 0.05) is 11.1 Å². The van der Waals surface area contributed by atoms with Gasteiger partial charge in [0.25, 0.3) is 5.91 Å². The van der Waals surface area contributed by atoms with Gasteiger partial charge in [-0.15, -0.1) is 0 Å². The normalized spacial score (nSPS) is 12.6. The zero-order chi connectivity index (χ0) is 16.9. The first kappa shape index (κ1) is 17.0. The van der Waals surface area contributed by atoms with Crippen LogP contribution in [0.1, 0.15) is 42.5 Å². The van der Waals surface area contributed by atoms with E-state index in [-0.39, 0.29) is 11.1 Å². The molecule has 2 aromatic rings. The van der Waals surface area contributed by atoms with E-state index in [1.165, 1.54) is 6.21 Å². The van der Waals surface area contributed by atoms with Crippen LogP contribution in [0.4, 0.5) is 0 Å². The molecule has 1 amide bonds. The number of allylic oxidation sites excluding steroid dienone is 1. The number of hydrazone groups is 1. The molecule has 2 rings (SSSR count). The average Bonchev–Trinajstić information content (AvgIpc) is 2.98. The highest BCUT2D eigenvalue weighted by Crippen LogP contribution is 2.20. The van der Waals surface area contributed by atoms with Gasteiger partial charge in [0.15, 0.2) is 5.69 Å². The number of hydrogen-bond acceptors (Lipinski definition) is 3. The van der Waals surface area contributed by atoms with Crippen molar-refractivity contribution < 1.29 is 4.79 Å². The Labute approximate surface area is 140 Å². The van der Waals surface area contributed by atoms with E-state index in [1.807, 2.05) is 51.1 Å². The first-order chi connectivity index (χ1) is 10.9. The number of rotatable bonds is 4. The summed E-state index contributed by atoms with van der Waals surface area (Å²) in [6.07, 6.45) is 3.13. The fraction of sp³-hybridized carbons (Fsp3) is 0.235. The minimum atomic E-state index is -0.392. The molecular weight excluding hydrogens is 312 g/mol. The predicted octanol–water partition coefficient (Wildman–Crippen LogP) is 3.70. The standard InChI is InChI=1S/C17H19ClN4O/c1-17(2,3)15-10-14(20-21-15)16(23)22-19-11-13(18)9-12-7-5-4-6-8-12/h4-11H,1-3H3,(H,20,21)(H,22,23). The third-order valence-corrected chi connectivity index (χ3v) is 3.28. The molecule has 0 aliphatic carbocycles. The highest BCUT2D eigenvalue weighted by molar-refractivity contribution is 6.41. The summed E-state index contributed by atoms with van der Waals surface area (Å²) < 4.78 is 0. The molecule has 0 bridgehead atoms. The molecule has 1 aromatic carbocycles. The fourth-order valence-corrected chi connectivity index (χ4v) is 1.95. The van der Waals surface area contributed by atoms with E-state index in [2.05, 4.69) is 20.7 Å². The summed E-state index contributed by atoms with van der Waals surface area (Å²) in [5.41, 5.74) is 4.43. The Morgan fingerprint density at radius 2 is 2.00 bits per heavy atom. The van der Waals surface area contributed by atoms with E-state index in [1.54, 1.807) is 12.1 Å². The van der Waals surface area contributed by atoms with Gasteiger partial charge in [0.1, 0.15) is 0 Å². The molecule has 0 atom stereocenters. The summed E-state index contributed by atoms with van der Waals surface area (Å²) in [6, 6.07) is 11.3. The molecular formula is C17H19ClN4O. The maximum atomic E-state index is 12.0. The van der Waals surface area contributed by atoms with Crippen LogP contribution in [0.5, 0.6) is 0 Å². The molecule has 0 aliphatic heterocycles. The van der Waals surface area contributed by atoms with Gasteiger partial charge < -0.3 is 0 Å². The second-order valence-electron chi connectivity index (χ2n) is 6.06. The topological polar surface area (TPSA) is 70.1 Å². The van der Waals surface area contributed by atoms with Crippen molar-refractivity contribution >= 4 is 29.8 Å². The van der Waals surface area contributed by atoms with Crippen molar-refractivity contribution in [1.82, 2.24) is 15.6 Å². The van der Waals surface area contributed by atoms with Crippen molar-refractivity contribution in [3.63, 3.8) is 0 Å². The van der Waals surface area contributed by atoms with Crippen molar-refractivity contribution in [3.05, 3.63) is 58.4 Å². The Bertz CT molecular complexity index is 727.